The van der Waals surface area contributed by atoms with Crippen LogP contribution in [0.3, 0.4) is 0 Å². The van der Waals surface area contributed by atoms with Gasteiger partial charge in [-0.15, -0.1) is 0 Å². The lowest BCUT2D eigenvalue weighted by molar-refractivity contribution is 0.721. The van der Waals surface area contributed by atoms with Crippen molar-refractivity contribution in [2.45, 2.75) is 33.2 Å². The average Bonchev–Trinajstić information content (AvgIpc) is 2.28. The molecular weight excluding hydrogens is 200 g/mol. The van der Waals surface area contributed by atoms with Gasteiger partial charge in [0, 0.05) is 26.1 Å². The third-order valence-electron chi connectivity index (χ3n) is 2.61. The Bertz CT molecular complexity index is 336. The van der Waals surface area contributed by atoms with Gasteiger partial charge >= 0.3 is 0 Å². The van der Waals surface area contributed by atoms with Gasteiger partial charge in [0.25, 0.3) is 0 Å². The zero-order valence-corrected chi connectivity index (χ0v) is 10.9. The van der Waals surface area contributed by atoms with E-state index in [1.807, 2.05) is 13.2 Å². The summed E-state index contributed by atoms with van der Waals surface area (Å²) in [6.45, 7) is 8.09. The number of nitrogens with one attached hydrogen (secondary N) is 1. The summed E-state index contributed by atoms with van der Waals surface area (Å²) in [6, 6.07) is 0. The zero-order chi connectivity index (χ0) is 12.1. The fourth-order valence-corrected chi connectivity index (χ4v) is 1.49. The van der Waals surface area contributed by atoms with E-state index in [0.717, 1.165) is 30.3 Å². The van der Waals surface area contributed by atoms with Crippen molar-refractivity contribution in [1.29, 1.82) is 0 Å². The number of anilines is 1. The van der Waals surface area contributed by atoms with Gasteiger partial charge in [-0.1, -0.05) is 13.8 Å². The predicted octanol–water partition coefficient (Wildman–Crippen LogP) is 1.78. The fraction of sp³-hybridized carbons (Fsp3) is 0.667. The highest BCUT2D eigenvalue weighted by atomic mass is 15.1. The SMILES string of the molecule is CCN(C)c1cnc(C(C)C)nc1CNC. The van der Waals surface area contributed by atoms with E-state index < -0.39 is 0 Å². The largest absolute Gasteiger partial charge is 0.372 e. The summed E-state index contributed by atoms with van der Waals surface area (Å²) in [5, 5.41) is 3.15. The highest BCUT2D eigenvalue weighted by Gasteiger charge is 2.11. The number of aromatic nitrogens is 2. The van der Waals surface area contributed by atoms with Crippen LogP contribution in [0.4, 0.5) is 5.69 Å². The Balaban J connectivity index is 3.08. The molecule has 0 aliphatic rings. The van der Waals surface area contributed by atoms with E-state index >= 15 is 0 Å². The van der Waals surface area contributed by atoms with Gasteiger partial charge in [0.2, 0.25) is 0 Å². The van der Waals surface area contributed by atoms with Gasteiger partial charge in [-0.05, 0) is 14.0 Å². The Morgan fingerprint density at radius 3 is 2.62 bits per heavy atom. The summed E-state index contributed by atoms with van der Waals surface area (Å²) in [7, 11) is 4.00. The first-order valence-corrected chi connectivity index (χ1v) is 5.81. The summed E-state index contributed by atoms with van der Waals surface area (Å²) < 4.78 is 0. The monoisotopic (exact) mass is 222 g/mol. The molecule has 16 heavy (non-hydrogen) atoms. The summed E-state index contributed by atoms with van der Waals surface area (Å²) in [5.74, 6) is 1.29. The van der Waals surface area contributed by atoms with Crippen molar-refractivity contribution < 1.29 is 0 Å². The molecule has 0 radical (unpaired) electrons. The first-order chi connectivity index (χ1) is 7.60. The standard InChI is InChI=1S/C12H22N4/c1-6-16(5)11-8-14-12(9(2)3)15-10(11)7-13-4/h8-9,13H,6-7H2,1-5H3. The fourth-order valence-electron chi connectivity index (χ4n) is 1.49. The molecule has 0 saturated heterocycles. The Labute approximate surface area is 98.1 Å². The minimum absolute atomic E-state index is 0.372. The van der Waals surface area contributed by atoms with Crippen molar-refractivity contribution in [2.75, 3.05) is 25.5 Å². The third-order valence-corrected chi connectivity index (χ3v) is 2.61. The maximum absolute atomic E-state index is 4.62. The lowest BCUT2D eigenvalue weighted by Gasteiger charge is -2.20. The van der Waals surface area contributed by atoms with Crippen LogP contribution in [0.2, 0.25) is 0 Å². The summed E-state index contributed by atoms with van der Waals surface area (Å²) >= 11 is 0. The van der Waals surface area contributed by atoms with Crippen molar-refractivity contribution >= 4 is 5.69 Å². The molecule has 0 saturated carbocycles. The normalized spacial score (nSPS) is 10.9. The molecular formula is C12H22N4. The molecule has 0 fully saturated rings. The van der Waals surface area contributed by atoms with Crippen LogP contribution in [0.25, 0.3) is 0 Å². The maximum Gasteiger partial charge on any atom is 0.131 e. The van der Waals surface area contributed by atoms with Crippen LogP contribution in [-0.4, -0.2) is 30.6 Å². The Morgan fingerprint density at radius 1 is 1.44 bits per heavy atom. The van der Waals surface area contributed by atoms with E-state index in [9.17, 15) is 0 Å². The van der Waals surface area contributed by atoms with Crippen LogP contribution in [0.1, 0.15) is 38.2 Å². The Kier molecular flexibility index (Phi) is 4.68. The first-order valence-electron chi connectivity index (χ1n) is 5.81. The minimum atomic E-state index is 0.372. The van der Waals surface area contributed by atoms with Gasteiger partial charge in [0.05, 0.1) is 17.6 Å². The highest BCUT2D eigenvalue weighted by molar-refractivity contribution is 5.48. The lowest BCUT2D eigenvalue weighted by Crippen LogP contribution is -2.21. The summed E-state index contributed by atoms with van der Waals surface area (Å²) in [4.78, 5) is 11.2. The zero-order valence-electron chi connectivity index (χ0n) is 10.9. The molecule has 0 bridgehead atoms. The van der Waals surface area contributed by atoms with E-state index in [-0.39, 0.29) is 0 Å². The number of hydrogen-bond acceptors (Lipinski definition) is 4. The maximum atomic E-state index is 4.62. The second-order valence-corrected chi connectivity index (χ2v) is 4.26. The lowest BCUT2D eigenvalue weighted by atomic mass is 10.2. The van der Waals surface area contributed by atoms with E-state index in [2.05, 4.69) is 48.0 Å². The van der Waals surface area contributed by atoms with Crippen LogP contribution in [-0.2, 0) is 6.54 Å². The van der Waals surface area contributed by atoms with E-state index in [4.69, 9.17) is 0 Å². The van der Waals surface area contributed by atoms with Gasteiger partial charge in [-0.3, -0.25) is 0 Å². The Morgan fingerprint density at radius 2 is 2.12 bits per heavy atom. The van der Waals surface area contributed by atoms with Crippen molar-refractivity contribution in [3.63, 3.8) is 0 Å². The average molecular weight is 222 g/mol. The molecule has 0 atom stereocenters. The molecule has 0 spiro atoms. The predicted molar refractivity (Wildman–Crippen MR) is 67.8 cm³/mol. The highest BCUT2D eigenvalue weighted by Crippen LogP contribution is 2.19. The molecule has 0 aliphatic heterocycles. The van der Waals surface area contributed by atoms with Crippen molar-refractivity contribution in [2.24, 2.45) is 0 Å². The first kappa shape index (κ1) is 12.9. The quantitative estimate of drug-likeness (QED) is 0.824. The molecule has 0 aromatic carbocycles. The number of rotatable bonds is 5. The van der Waals surface area contributed by atoms with Crippen LogP contribution < -0.4 is 10.2 Å². The molecule has 0 unspecified atom stereocenters. The summed E-state index contributed by atoms with van der Waals surface area (Å²) in [6.07, 6.45) is 1.93. The van der Waals surface area contributed by atoms with Gasteiger partial charge in [-0.25, -0.2) is 9.97 Å². The molecule has 1 aromatic heterocycles. The van der Waals surface area contributed by atoms with Crippen LogP contribution in [0.5, 0.6) is 0 Å². The number of hydrogen-bond donors (Lipinski definition) is 1. The van der Waals surface area contributed by atoms with Crippen LogP contribution in [0.15, 0.2) is 6.20 Å². The smallest absolute Gasteiger partial charge is 0.131 e. The van der Waals surface area contributed by atoms with Gasteiger partial charge in [0.1, 0.15) is 5.82 Å². The molecule has 0 amide bonds. The van der Waals surface area contributed by atoms with Gasteiger partial charge in [0.15, 0.2) is 0 Å². The van der Waals surface area contributed by atoms with E-state index in [1.54, 1.807) is 0 Å². The molecule has 0 aliphatic carbocycles. The number of nitrogens with zero attached hydrogens (tertiary/aromatic N) is 3. The van der Waals surface area contributed by atoms with Crippen molar-refractivity contribution in [3.05, 3.63) is 17.7 Å². The van der Waals surface area contributed by atoms with Crippen LogP contribution in [0, 0.1) is 0 Å². The molecule has 1 heterocycles. The molecule has 1 N–H and O–H groups in total. The summed E-state index contributed by atoms with van der Waals surface area (Å²) in [5.41, 5.74) is 2.19. The molecule has 1 rings (SSSR count). The molecule has 90 valence electrons. The van der Waals surface area contributed by atoms with Gasteiger partial charge < -0.3 is 10.2 Å². The second kappa shape index (κ2) is 5.80. The van der Waals surface area contributed by atoms with Crippen molar-refractivity contribution in [1.82, 2.24) is 15.3 Å². The van der Waals surface area contributed by atoms with Crippen molar-refractivity contribution in [3.8, 4) is 0 Å². The third kappa shape index (κ3) is 2.92. The van der Waals surface area contributed by atoms with E-state index in [1.165, 1.54) is 0 Å². The van der Waals surface area contributed by atoms with Crippen LogP contribution >= 0.6 is 0 Å². The van der Waals surface area contributed by atoms with E-state index in [0.29, 0.717) is 5.92 Å². The minimum Gasteiger partial charge on any atom is -0.372 e. The Hall–Kier alpha value is -1.16. The van der Waals surface area contributed by atoms with Gasteiger partial charge in [-0.2, -0.15) is 0 Å². The second-order valence-electron chi connectivity index (χ2n) is 4.26. The molecule has 4 nitrogen and oxygen atoms in total. The molecule has 4 heteroatoms. The topological polar surface area (TPSA) is 41.1 Å². The molecule has 1 aromatic rings.